The Bertz CT molecular complexity index is 522. The molecule has 0 radical (unpaired) electrons. The molecule has 94 valence electrons. The highest BCUT2D eigenvalue weighted by atomic mass is 16.5. The van der Waals surface area contributed by atoms with Gasteiger partial charge in [-0.1, -0.05) is 35.5 Å². The summed E-state index contributed by atoms with van der Waals surface area (Å²) in [4.78, 5) is 11.8. The molecule has 1 aromatic heterocycles. The SMILES string of the molecule is COC(=O)C(Cc1ccccc1)n1cc(C)nn1. The first-order valence-corrected chi connectivity index (χ1v) is 5.71. The van der Waals surface area contributed by atoms with Gasteiger partial charge in [-0.15, -0.1) is 5.10 Å². The lowest BCUT2D eigenvalue weighted by molar-refractivity contribution is -0.144. The molecule has 0 aliphatic heterocycles. The molecule has 0 aliphatic rings. The molecule has 18 heavy (non-hydrogen) atoms. The van der Waals surface area contributed by atoms with E-state index in [0.717, 1.165) is 11.3 Å². The molecule has 1 atom stereocenters. The van der Waals surface area contributed by atoms with Gasteiger partial charge in [0.25, 0.3) is 0 Å². The molecule has 1 heterocycles. The summed E-state index contributed by atoms with van der Waals surface area (Å²) >= 11 is 0. The Labute approximate surface area is 105 Å². The summed E-state index contributed by atoms with van der Waals surface area (Å²) in [5.74, 6) is -0.316. The summed E-state index contributed by atoms with van der Waals surface area (Å²) in [5.41, 5.74) is 1.83. The summed E-state index contributed by atoms with van der Waals surface area (Å²) in [5, 5.41) is 7.85. The number of methoxy groups -OCH3 is 1. The number of hydrogen-bond acceptors (Lipinski definition) is 4. The molecule has 1 unspecified atom stereocenters. The number of aromatic nitrogens is 3. The number of aryl methyl sites for hydroxylation is 1. The van der Waals surface area contributed by atoms with Gasteiger partial charge in [-0.05, 0) is 12.5 Å². The van der Waals surface area contributed by atoms with Crippen LogP contribution in [0.1, 0.15) is 17.3 Å². The third-order valence-electron chi connectivity index (χ3n) is 2.69. The van der Waals surface area contributed by atoms with E-state index in [0.29, 0.717) is 6.42 Å². The van der Waals surface area contributed by atoms with E-state index in [2.05, 4.69) is 10.3 Å². The molecule has 2 rings (SSSR count). The number of hydrogen-bond donors (Lipinski definition) is 0. The van der Waals surface area contributed by atoms with Crippen molar-refractivity contribution in [3.63, 3.8) is 0 Å². The molecule has 0 saturated heterocycles. The van der Waals surface area contributed by atoms with Crippen LogP contribution < -0.4 is 0 Å². The van der Waals surface area contributed by atoms with Crippen LogP contribution in [-0.2, 0) is 16.0 Å². The van der Waals surface area contributed by atoms with Crippen LogP contribution in [-0.4, -0.2) is 28.1 Å². The fourth-order valence-electron chi connectivity index (χ4n) is 1.78. The average Bonchev–Trinajstić information content (AvgIpc) is 2.83. The smallest absolute Gasteiger partial charge is 0.331 e. The van der Waals surface area contributed by atoms with E-state index in [-0.39, 0.29) is 5.97 Å². The topological polar surface area (TPSA) is 57.0 Å². The monoisotopic (exact) mass is 245 g/mol. The number of carbonyl (C=O) groups excluding carboxylic acids is 1. The molecule has 0 bridgehead atoms. The van der Waals surface area contributed by atoms with Crippen molar-refractivity contribution in [3.05, 3.63) is 47.8 Å². The summed E-state index contributed by atoms with van der Waals surface area (Å²) < 4.78 is 6.37. The maximum atomic E-state index is 11.8. The molecule has 0 fully saturated rings. The van der Waals surface area contributed by atoms with Crippen molar-refractivity contribution in [1.82, 2.24) is 15.0 Å². The number of ether oxygens (including phenoxy) is 1. The standard InChI is InChI=1S/C13H15N3O2/c1-10-9-16(15-14-10)12(13(17)18-2)8-11-6-4-3-5-7-11/h3-7,9,12H,8H2,1-2H3. The van der Waals surface area contributed by atoms with Gasteiger partial charge in [0.1, 0.15) is 0 Å². The first kappa shape index (κ1) is 12.3. The number of rotatable bonds is 4. The predicted molar refractivity (Wildman–Crippen MR) is 66.0 cm³/mol. The average molecular weight is 245 g/mol. The summed E-state index contributed by atoms with van der Waals surface area (Å²) in [6.45, 7) is 1.83. The quantitative estimate of drug-likeness (QED) is 0.767. The molecule has 5 heteroatoms. The van der Waals surface area contributed by atoms with Gasteiger partial charge in [0.15, 0.2) is 6.04 Å². The molecular formula is C13H15N3O2. The van der Waals surface area contributed by atoms with Crippen LogP contribution >= 0.6 is 0 Å². The lowest BCUT2D eigenvalue weighted by Crippen LogP contribution is -2.23. The first-order chi connectivity index (χ1) is 8.70. The van der Waals surface area contributed by atoms with E-state index >= 15 is 0 Å². The summed E-state index contributed by atoms with van der Waals surface area (Å²) in [6.07, 6.45) is 2.28. The van der Waals surface area contributed by atoms with E-state index in [1.54, 1.807) is 10.9 Å². The Balaban J connectivity index is 2.24. The molecule has 0 spiro atoms. The molecular weight excluding hydrogens is 230 g/mol. The Morgan fingerprint density at radius 1 is 1.39 bits per heavy atom. The molecule has 0 aliphatic carbocycles. The zero-order valence-electron chi connectivity index (χ0n) is 10.4. The van der Waals surface area contributed by atoms with E-state index in [9.17, 15) is 4.79 Å². The van der Waals surface area contributed by atoms with Crippen LogP contribution in [0.15, 0.2) is 36.5 Å². The van der Waals surface area contributed by atoms with Crippen molar-refractivity contribution in [1.29, 1.82) is 0 Å². The molecule has 0 N–H and O–H groups in total. The summed E-state index contributed by atoms with van der Waals surface area (Å²) in [6, 6.07) is 9.29. The third kappa shape index (κ3) is 2.74. The maximum absolute atomic E-state index is 11.8. The Morgan fingerprint density at radius 3 is 2.67 bits per heavy atom. The van der Waals surface area contributed by atoms with Crippen molar-refractivity contribution in [2.45, 2.75) is 19.4 Å². The van der Waals surface area contributed by atoms with Gasteiger partial charge in [-0.3, -0.25) is 0 Å². The fraction of sp³-hybridized carbons (Fsp3) is 0.308. The predicted octanol–water partition coefficient (Wildman–Crippen LogP) is 1.54. The minimum absolute atomic E-state index is 0.316. The van der Waals surface area contributed by atoms with Crippen LogP contribution in [0.5, 0.6) is 0 Å². The highest BCUT2D eigenvalue weighted by molar-refractivity contribution is 5.74. The first-order valence-electron chi connectivity index (χ1n) is 5.71. The molecule has 2 aromatic rings. The zero-order valence-corrected chi connectivity index (χ0v) is 10.4. The second kappa shape index (κ2) is 5.44. The number of nitrogens with zero attached hydrogens (tertiary/aromatic N) is 3. The molecule has 0 saturated carbocycles. The van der Waals surface area contributed by atoms with Crippen molar-refractivity contribution in [3.8, 4) is 0 Å². The lowest BCUT2D eigenvalue weighted by atomic mass is 10.1. The number of benzene rings is 1. The van der Waals surface area contributed by atoms with Crippen LogP contribution in [0, 0.1) is 6.92 Å². The third-order valence-corrected chi connectivity index (χ3v) is 2.69. The van der Waals surface area contributed by atoms with E-state index < -0.39 is 6.04 Å². The second-order valence-electron chi connectivity index (χ2n) is 4.07. The second-order valence-corrected chi connectivity index (χ2v) is 4.07. The van der Waals surface area contributed by atoms with Crippen LogP contribution in [0.2, 0.25) is 0 Å². The summed E-state index contributed by atoms with van der Waals surface area (Å²) in [7, 11) is 1.38. The van der Waals surface area contributed by atoms with E-state index in [1.165, 1.54) is 7.11 Å². The number of carbonyl (C=O) groups is 1. The minimum Gasteiger partial charge on any atom is -0.467 e. The molecule has 5 nitrogen and oxygen atoms in total. The Hall–Kier alpha value is -2.17. The van der Waals surface area contributed by atoms with Gasteiger partial charge in [-0.25, -0.2) is 9.48 Å². The Kier molecular flexibility index (Phi) is 3.72. The van der Waals surface area contributed by atoms with Crippen LogP contribution in [0.4, 0.5) is 0 Å². The maximum Gasteiger partial charge on any atom is 0.331 e. The molecule has 1 aromatic carbocycles. The fourth-order valence-corrected chi connectivity index (χ4v) is 1.78. The highest BCUT2D eigenvalue weighted by Gasteiger charge is 2.22. The van der Waals surface area contributed by atoms with Crippen LogP contribution in [0.3, 0.4) is 0 Å². The Morgan fingerprint density at radius 2 is 2.11 bits per heavy atom. The van der Waals surface area contributed by atoms with Gasteiger partial charge in [0, 0.05) is 12.6 Å². The van der Waals surface area contributed by atoms with Gasteiger partial charge >= 0.3 is 5.97 Å². The van der Waals surface area contributed by atoms with Gasteiger partial charge < -0.3 is 4.74 Å². The van der Waals surface area contributed by atoms with Crippen LogP contribution in [0.25, 0.3) is 0 Å². The zero-order chi connectivity index (χ0) is 13.0. The van der Waals surface area contributed by atoms with Gasteiger partial charge in [-0.2, -0.15) is 0 Å². The van der Waals surface area contributed by atoms with E-state index in [4.69, 9.17) is 4.74 Å². The molecule has 0 amide bonds. The van der Waals surface area contributed by atoms with Gasteiger partial charge in [0.05, 0.1) is 12.8 Å². The number of esters is 1. The van der Waals surface area contributed by atoms with Crippen molar-refractivity contribution in [2.75, 3.05) is 7.11 Å². The van der Waals surface area contributed by atoms with Gasteiger partial charge in [0.2, 0.25) is 0 Å². The normalized spacial score (nSPS) is 12.1. The van der Waals surface area contributed by atoms with Crippen molar-refractivity contribution in [2.24, 2.45) is 0 Å². The van der Waals surface area contributed by atoms with E-state index in [1.807, 2.05) is 37.3 Å². The lowest BCUT2D eigenvalue weighted by Gasteiger charge is -2.14. The largest absolute Gasteiger partial charge is 0.467 e. The van der Waals surface area contributed by atoms with Crippen molar-refractivity contribution < 1.29 is 9.53 Å². The highest BCUT2D eigenvalue weighted by Crippen LogP contribution is 2.15. The van der Waals surface area contributed by atoms with Crippen molar-refractivity contribution >= 4 is 5.97 Å². The minimum atomic E-state index is -0.474.